The number of halogens is 1. The van der Waals surface area contributed by atoms with Crippen LogP contribution in [0.3, 0.4) is 0 Å². The molecule has 0 spiro atoms. The van der Waals surface area contributed by atoms with E-state index in [2.05, 4.69) is 0 Å². The molecule has 9 heteroatoms. The summed E-state index contributed by atoms with van der Waals surface area (Å²) < 4.78 is 40.7. The van der Waals surface area contributed by atoms with E-state index in [-0.39, 0.29) is 54.6 Å². The van der Waals surface area contributed by atoms with E-state index in [1.807, 2.05) is 6.92 Å². The van der Waals surface area contributed by atoms with Gasteiger partial charge >= 0.3 is 0 Å². The standard InChI is InChI=1S/C24H23FN2O4S2/c1-16-15-22(17(2)32-16)33(30,31)27-13-11-26(12-14-27)24(29)21-6-4-3-5-20(21)23(28)18-7-9-19(25)10-8-18/h3-10,15H,11-14H2,1-2H3. The molecular weight excluding hydrogens is 463 g/mol. The maximum absolute atomic E-state index is 13.2. The van der Waals surface area contributed by atoms with Crippen molar-refractivity contribution in [3.63, 3.8) is 0 Å². The van der Waals surface area contributed by atoms with Crippen molar-refractivity contribution in [1.82, 2.24) is 9.21 Å². The summed E-state index contributed by atoms with van der Waals surface area (Å²) in [5.74, 6) is -1.15. The molecular formula is C24H23FN2O4S2. The molecule has 2 heterocycles. The number of sulfonamides is 1. The molecule has 1 saturated heterocycles. The van der Waals surface area contributed by atoms with Gasteiger partial charge in [0.15, 0.2) is 5.78 Å². The number of benzene rings is 2. The Bertz CT molecular complexity index is 1310. The third-order valence-electron chi connectivity index (χ3n) is 5.65. The average molecular weight is 487 g/mol. The van der Waals surface area contributed by atoms with Crippen molar-refractivity contribution in [2.75, 3.05) is 26.2 Å². The van der Waals surface area contributed by atoms with Gasteiger partial charge in [-0.15, -0.1) is 11.3 Å². The molecule has 6 nitrogen and oxygen atoms in total. The van der Waals surface area contributed by atoms with E-state index in [1.165, 1.54) is 39.9 Å². The predicted octanol–water partition coefficient (Wildman–Crippen LogP) is 3.88. The molecule has 2 aromatic carbocycles. The van der Waals surface area contributed by atoms with Crippen molar-refractivity contribution < 1.29 is 22.4 Å². The molecule has 0 aliphatic carbocycles. The third kappa shape index (κ3) is 4.62. The molecule has 0 saturated carbocycles. The van der Waals surface area contributed by atoms with Crippen LogP contribution in [-0.4, -0.2) is 55.5 Å². The Balaban J connectivity index is 1.51. The first-order valence-electron chi connectivity index (χ1n) is 10.4. The topological polar surface area (TPSA) is 74.8 Å². The molecule has 0 radical (unpaired) electrons. The van der Waals surface area contributed by atoms with Gasteiger partial charge in [0.1, 0.15) is 5.82 Å². The van der Waals surface area contributed by atoms with Gasteiger partial charge < -0.3 is 4.90 Å². The number of thiophene rings is 1. The molecule has 3 aromatic rings. The van der Waals surface area contributed by atoms with E-state index in [9.17, 15) is 22.4 Å². The van der Waals surface area contributed by atoms with Crippen LogP contribution in [0, 0.1) is 19.7 Å². The Kier molecular flexibility index (Phi) is 6.47. The first-order chi connectivity index (χ1) is 15.7. The van der Waals surface area contributed by atoms with Crippen LogP contribution in [0.25, 0.3) is 0 Å². The van der Waals surface area contributed by atoms with Gasteiger partial charge in [-0.1, -0.05) is 18.2 Å². The number of carbonyl (C=O) groups excluding carboxylic acids is 2. The molecule has 0 N–H and O–H groups in total. The number of nitrogens with zero attached hydrogens (tertiary/aromatic N) is 2. The minimum Gasteiger partial charge on any atom is -0.336 e. The largest absolute Gasteiger partial charge is 0.336 e. The summed E-state index contributed by atoms with van der Waals surface area (Å²) in [6.45, 7) is 4.46. The van der Waals surface area contributed by atoms with Gasteiger partial charge in [0, 0.05) is 47.1 Å². The summed E-state index contributed by atoms with van der Waals surface area (Å²) >= 11 is 1.44. The van der Waals surface area contributed by atoms with E-state index in [4.69, 9.17) is 0 Å². The number of ketones is 1. The number of hydrogen-bond acceptors (Lipinski definition) is 5. The van der Waals surface area contributed by atoms with Crippen molar-refractivity contribution >= 4 is 33.1 Å². The molecule has 0 atom stereocenters. The molecule has 33 heavy (non-hydrogen) atoms. The Morgan fingerprint density at radius 1 is 0.909 bits per heavy atom. The SMILES string of the molecule is Cc1cc(S(=O)(=O)N2CCN(C(=O)c3ccccc3C(=O)c3ccc(F)cc3)CC2)c(C)s1. The molecule has 1 aliphatic heterocycles. The lowest BCUT2D eigenvalue weighted by Crippen LogP contribution is -2.50. The first kappa shape index (κ1) is 23.3. The molecule has 1 amide bonds. The van der Waals surface area contributed by atoms with Gasteiger partial charge in [-0.05, 0) is 50.2 Å². The lowest BCUT2D eigenvalue weighted by molar-refractivity contribution is 0.0694. The fourth-order valence-corrected chi connectivity index (χ4v) is 6.87. The fourth-order valence-electron chi connectivity index (χ4n) is 3.93. The lowest BCUT2D eigenvalue weighted by Gasteiger charge is -2.34. The zero-order valence-electron chi connectivity index (χ0n) is 18.2. The second kappa shape index (κ2) is 9.17. The lowest BCUT2D eigenvalue weighted by atomic mass is 9.97. The minimum absolute atomic E-state index is 0.177. The molecule has 0 unspecified atom stereocenters. The van der Waals surface area contributed by atoms with Crippen molar-refractivity contribution in [3.05, 3.63) is 86.9 Å². The summed E-state index contributed by atoms with van der Waals surface area (Å²) in [5.41, 5.74) is 0.759. The summed E-state index contributed by atoms with van der Waals surface area (Å²) in [4.78, 5) is 29.8. The zero-order chi connectivity index (χ0) is 23.8. The molecule has 0 bridgehead atoms. The summed E-state index contributed by atoms with van der Waals surface area (Å²) in [6.07, 6.45) is 0. The molecule has 1 aliphatic rings. The number of amides is 1. The summed E-state index contributed by atoms with van der Waals surface area (Å²) in [5, 5.41) is 0. The highest BCUT2D eigenvalue weighted by molar-refractivity contribution is 7.89. The number of rotatable bonds is 5. The maximum atomic E-state index is 13.2. The monoisotopic (exact) mass is 486 g/mol. The van der Waals surface area contributed by atoms with Crippen LogP contribution in [0.15, 0.2) is 59.5 Å². The van der Waals surface area contributed by atoms with Crippen LogP contribution in [0.4, 0.5) is 4.39 Å². The van der Waals surface area contributed by atoms with E-state index < -0.39 is 15.8 Å². The second-order valence-electron chi connectivity index (χ2n) is 7.86. The third-order valence-corrected chi connectivity index (χ3v) is 8.77. The fraction of sp³-hybridized carbons (Fsp3) is 0.250. The normalized spacial score (nSPS) is 14.9. The summed E-state index contributed by atoms with van der Waals surface area (Å²) in [7, 11) is -3.63. The van der Waals surface area contributed by atoms with E-state index in [0.717, 1.165) is 9.75 Å². The van der Waals surface area contributed by atoms with Crippen LogP contribution in [0.2, 0.25) is 0 Å². The van der Waals surface area contributed by atoms with Gasteiger partial charge in [0.2, 0.25) is 10.0 Å². The van der Waals surface area contributed by atoms with Crippen molar-refractivity contribution in [2.45, 2.75) is 18.7 Å². The smallest absolute Gasteiger partial charge is 0.254 e. The van der Waals surface area contributed by atoms with Gasteiger partial charge in [0.05, 0.1) is 10.5 Å². The van der Waals surface area contributed by atoms with Crippen LogP contribution < -0.4 is 0 Å². The summed E-state index contributed by atoms with van der Waals surface area (Å²) in [6, 6.07) is 13.4. The Hall–Kier alpha value is -2.88. The molecule has 1 aromatic heterocycles. The van der Waals surface area contributed by atoms with Gasteiger partial charge in [-0.3, -0.25) is 9.59 Å². The highest BCUT2D eigenvalue weighted by Gasteiger charge is 2.33. The highest BCUT2D eigenvalue weighted by atomic mass is 32.2. The zero-order valence-corrected chi connectivity index (χ0v) is 19.9. The van der Waals surface area contributed by atoms with E-state index in [0.29, 0.717) is 4.90 Å². The van der Waals surface area contributed by atoms with Crippen LogP contribution >= 0.6 is 11.3 Å². The maximum Gasteiger partial charge on any atom is 0.254 e. The number of piperazine rings is 1. The van der Waals surface area contributed by atoms with Crippen molar-refractivity contribution in [2.24, 2.45) is 0 Å². The van der Waals surface area contributed by atoms with E-state index in [1.54, 1.807) is 42.2 Å². The van der Waals surface area contributed by atoms with Crippen molar-refractivity contribution in [1.29, 1.82) is 0 Å². The second-order valence-corrected chi connectivity index (χ2v) is 11.2. The molecule has 4 rings (SSSR count). The van der Waals surface area contributed by atoms with Crippen LogP contribution in [-0.2, 0) is 10.0 Å². The van der Waals surface area contributed by atoms with Crippen LogP contribution in [0.1, 0.15) is 36.0 Å². The Labute approximate surface area is 196 Å². The van der Waals surface area contributed by atoms with E-state index >= 15 is 0 Å². The number of hydrogen-bond donors (Lipinski definition) is 0. The Morgan fingerprint density at radius 2 is 1.52 bits per heavy atom. The predicted molar refractivity (Wildman–Crippen MR) is 125 cm³/mol. The Morgan fingerprint density at radius 3 is 2.09 bits per heavy atom. The van der Waals surface area contributed by atoms with Gasteiger partial charge in [-0.2, -0.15) is 4.31 Å². The highest BCUT2D eigenvalue weighted by Crippen LogP contribution is 2.28. The molecule has 172 valence electrons. The minimum atomic E-state index is -3.63. The van der Waals surface area contributed by atoms with Crippen LogP contribution in [0.5, 0.6) is 0 Å². The van der Waals surface area contributed by atoms with Gasteiger partial charge in [-0.25, -0.2) is 12.8 Å². The first-order valence-corrected chi connectivity index (χ1v) is 12.7. The molecule has 1 fully saturated rings. The number of aryl methyl sites for hydroxylation is 2. The van der Waals surface area contributed by atoms with Crippen molar-refractivity contribution in [3.8, 4) is 0 Å². The van der Waals surface area contributed by atoms with Gasteiger partial charge in [0.25, 0.3) is 5.91 Å². The average Bonchev–Trinajstić information content (AvgIpc) is 3.17. The quantitative estimate of drug-likeness (QED) is 0.513. The number of carbonyl (C=O) groups is 2.